The van der Waals surface area contributed by atoms with E-state index in [2.05, 4.69) is 5.32 Å². The summed E-state index contributed by atoms with van der Waals surface area (Å²) in [5, 5.41) is 2.95. The standard InChI is InChI=1S/C10H15F3N2O/c11-10(12,13)6-15(7-3-4-7)9(16)8-2-1-5-14-8/h7-8,14H,1-6H2/t8-/m0/s1. The first-order chi connectivity index (χ1) is 7.47. The highest BCUT2D eigenvalue weighted by molar-refractivity contribution is 5.82. The van der Waals surface area contributed by atoms with Crippen molar-refractivity contribution in [2.45, 2.75) is 43.9 Å². The van der Waals surface area contributed by atoms with Gasteiger partial charge < -0.3 is 10.2 Å². The largest absolute Gasteiger partial charge is 0.406 e. The summed E-state index contributed by atoms with van der Waals surface area (Å²) in [7, 11) is 0. The average Bonchev–Trinajstić information content (AvgIpc) is 2.87. The van der Waals surface area contributed by atoms with Crippen molar-refractivity contribution in [3.8, 4) is 0 Å². The van der Waals surface area contributed by atoms with Crippen LogP contribution in [0.15, 0.2) is 0 Å². The van der Waals surface area contributed by atoms with E-state index < -0.39 is 18.8 Å². The van der Waals surface area contributed by atoms with Gasteiger partial charge in [-0.25, -0.2) is 0 Å². The molecule has 3 nitrogen and oxygen atoms in total. The highest BCUT2D eigenvalue weighted by Crippen LogP contribution is 2.31. The molecule has 2 fully saturated rings. The first-order valence-corrected chi connectivity index (χ1v) is 5.58. The van der Waals surface area contributed by atoms with Crippen molar-refractivity contribution in [1.82, 2.24) is 10.2 Å². The minimum Gasteiger partial charge on any atom is -0.329 e. The fourth-order valence-corrected chi connectivity index (χ4v) is 2.06. The summed E-state index contributed by atoms with van der Waals surface area (Å²) in [5.74, 6) is -0.377. The third-order valence-electron chi connectivity index (χ3n) is 2.98. The summed E-state index contributed by atoms with van der Waals surface area (Å²) in [6.45, 7) is -0.379. The molecule has 1 saturated carbocycles. The number of alkyl halides is 3. The highest BCUT2D eigenvalue weighted by atomic mass is 19.4. The van der Waals surface area contributed by atoms with Gasteiger partial charge in [0, 0.05) is 6.04 Å². The normalized spacial score (nSPS) is 25.8. The fourth-order valence-electron chi connectivity index (χ4n) is 2.06. The van der Waals surface area contributed by atoms with Gasteiger partial charge in [0.15, 0.2) is 0 Å². The smallest absolute Gasteiger partial charge is 0.329 e. The molecular weight excluding hydrogens is 221 g/mol. The zero-order chi connectivity index (χ0) is 11.8. The van der Waals surface area contributed by atoms with Crippen molar-refractivity contribution in [1.29, 1.82) is 0 Å². The molecule has 0 radical (unpaired) electrons. The van der Waals surface area contributed by atoms with Gasteiger partial charge in [-0.15, -0.1) is 0 Å². The van der Waals surface area contributed by atoms with Gasteiger partial charge in [-0.1, -0.05) is 0 Å². The molecule has 92 valence electrons. The Balaban J connectivity index is 1.98. The summed E-state index contributed by atoms with van der Waals surface area (Å²) in [6.07, 6.45) is -1.37. The van der Waals surface area contributed by atoms with Crippen LogP contribution in [0.2, 0.25) is 0 Å². The van der Waals surface area contributed by atoms with Crippen LogP contribution in [0.1, 0.15) is 25.7 Å². The predicted octanol–water partition coefficient (Wildman–Crippen LogP) is 1.29. The third kappa shape index (κ3) is 2.87. The van der Waals surface area contributed by atoms with Crippen molar-refractivity contribution in [2.24, 2.45) is 0 Å². The van der Waals surface area contributed by atoms with E-state index in [1.54, 1.807) is 0 Å². The fraction of sp³-hybridized carbons (Fsp3) is 0.900. The summed E-state index contributed by atoms with van der Waals surface area (Å²) in [6, 6.07) is -0.584. The van der Waals surface area contributed by atoms with Crippen molar-refractivity contribution in [3.05, 3.63) is 0 Å². The maximum atomic E-state index is 12.3. The highest BCUT2D eigenvalue weighted by Gasteiger charge is 2.42. The second kappa shape index (κ2) is 4.24. The molecule has 0 spiro atoms. The SMILES string of the molecule is O=C([C@@H]1CCCN1)N(CC(F)(F)F)C1CC1. The van der Waals surface area contributed by atoms with E-state index in [-0.39, 0.29) is 11.9 Å². The van der Waals surface area contributed by atoms with Crippen molar-refractivity contribution < 1.29 is 18.0 Å². The molecule has 1 N–H and O–H groups in total. The van der Waals surface area contributed by atoms with Gasteiger partial charge in [0.05, 0.1) is 6.04 Å². The lowest BCUT2D eigenvalue weighted by Gasteiger charge is -2.26. The first-order valence-electron chi connectivity index (χ1n) is 5.58. The summed E-state index contributed by atoms with van der Waals surface area (Å²) in [5.41, 5.74) is 0. The van der Waals surface area contributed by atoms with Crippen LogP contribution in [-0.2, 0) is 4.79 Å². The molecule has 2 aliphatic rings. The molecule has 6 heteroatoms. The van der Waals surface area contributed by atoms with Gasteiger partial charge in [-0.2, -0.15) is 13.2 Å². The summed E-state index contributed by atoms with van der Waals surface area (Å²) >= 11 is 0. The minimum atomic E-state index is -4.29. The van der Waals surface area contributed by atoms with Crippen molar-refractivity contribution in [3.63, 3.8) is 0 Å². The van der Waals surface area contributed by atoms with E-state index >= 15 is 0 Å². The van der Waals surface area contributed by atoms with Crippen LogP contribution in [0.5, 0.6) is 0 Å². The Morgan fingerprint density at radius 3 is 2.44 bits per heavy atom. The number of hydrogen-bond donors (Lipinski definition) is 1. The molecule has 0 bridgehead atoms. The van der Waals surface area contributed by atoms with E-state index in [1.165, 1.54) is 0 Å². The lowest BCUT2D eigenvalue weighted by Crippen LogP contribution is -2.48. The topological polar surface area (TPSA) is 32.3 Å². The molecule has 0 aromatic rings. The van der Waals surface area contributed by atoms with Crippen LogP contribution in [-0.4, -0.2) is 42.2 Å². The van der Waals surface area contributed by atoms with Crippen molar-refractivity contribution >= 4 is 5.91 Å². The molecule has 1 aliphatic heterocycles. The van der Waals surface area contributed by atoms with Crippen LogP contribution < -0.4 is 5.32 Å². The molecule has 1 saturated heterocycles. The molecular formula is C10H15F3N2O. The monoisotopic (exact) mass is 236 g/mol. The second-order valence-electron chi connectivity index (χ2n) is 4.46. The molecule has 16 heavy (non-hydrogen) atoms. The number of halogens is 3. The number of rotatable bonds is 3. The summed E-state index contributed by atoms with van der Waals surface area (Å²) in [4.78, 5) is 12.9. The average molecular weight is 236 g/mol. The Labute approximate surface area is 92.0 Å². The summed E-state index contributed by atoms with van der Waals surface area (Å²) < 4.78 is 37.0. The van der Waals surface area contributed by atoms with Gasteiger partial charge >= 0.3 is 6.18 Å². The molecule has 2 rings (SSSR count). The van der Waals surface area contributed by atoms with Gasteiger partial charge in [0.1, 0.15) is 6.54 Å². The van der Waals surface area contributed by atoms with Crippen LogP contribution in [0, 0.1) is 0 Å². The number of nitrogens with one attached hydrogen (secondary N) is 1. The van der Waals surface area contributed by atoms with Crippen LogP contribution in [0.3, 0.4) is 0 Å². The number of carbonyl (C=O) groups is 1. The van der Waals surface area contributed by atoms with Gasteiger partial charge in [0.25, 0.3) is 0 Å². The number of carbonyl (C=O) groups excluding carboxylic acids is 1. The quantitative estimate of drug-likeness (QED) is 0.801. The predicted molar refractivity (Wildman–Crippen MR) is 51.8 cm³/mol. The maximum Gasteiger partial charge on any atom is 0.406 e. The van der Waals surface area contributed by atoms with Gasteiger partial charge in [-0.3, -0.25) is 4.79 Å². The number of amides is 1. The molecule has 1 aliphatic carbocycles. The van der Waals surface area contributed by atoms with E-state index in [4.69, 9.17) is 0 Å². The molecule has 1 atom stereocenters. The van der Waals surface area contributed by atoms with E-state index in [9.17, 15) is 18.0 Å². The zero-order valence-corrected chi connectivity index (χ0v) is 8.89. The third-order valence-corrected chi connectivity index (χ3v) is 2.98. The van der Waals surface area contributed by atoms with Crippen LogP contribution >= 0.6 is 0 Å². The Morgan fingerprint density at radius 2 is 2.00 bits per heavy atom. The van der Waals surface area contributed by atoms with Crippen LogP contribution in [0.25, 0.3) is 0 Å². The molecule has 1 heterocycles. The molecule has 1 amide bonds. The minimum absolute atomic E-state index is 0.184. The maximum absolute atomic E-state index is 12.3. The Kier molecular flexibility index (Phi) is 3.10. The molecule has 0 aromatic heterocycles. The van der Waals surface area contributed by atoms with Crippen LogP contribution in [0.4, 0.5) is 13.2 Å². The lowest BCUT2D eigenvalue weighted by atomic mass is 10.2. The first kappa shape index (κ1) is 11.7. The second-order valence-corrected chi connectivity index (χ2v) is 4.46. The Morgan fingerprint density at radius 1 is 1.31 bits per heavy atom. The van der Waals surface area contributed by atoms with Gasteiger partial charge in [-0.05, 0) is 32.2 Å². The lowest BCUT2D eigenvalue weighted by molar-refractivity contribution is -0.163. The molecule has 0 aromatic carbocycles. The van der Waals surface area contributed by atoms with Gasteiger partial charge in [0.2, 0.25) is 5.91 Å². The molecule has 0 unspecified atom stereocenters. The van der Waals surface area contributed by atoms with E-state index in [0.29, 0.717) is 19.3 Å². The Bertz CT molecular complexity index is 270. The van der Waals surface area contributed by atoms with E-state index in [0.717, 1.165) is 17.9 Å². The Hall–Kier alpha value is -0.780. The zero-order valence-electron chi connectivity index (χ0n) is 8.89. The van der Waals surface area contributed by atoms with Crippen molar-refractivity contribution in [2.75, 3.05) is 13.1 Å². The number of nitrogens with zero attached hydrogens (tertiary/aromatic N) is 1. The number of hydrogen-bond acceptors (Lipinski definition) is 2. The van der Waals surface area contributed by atoms with E-state index in [1.807, 2.05) is 0 Å².